The maximum atomic E-state index is 12.3. The van der Waals surface area contributed by atoms with Crippen LogP contribution >= 0.6 is 0 Å². The van der Waals surface area contributed by atoms with Crippen LogP contribution in [-0.2, 0) is 19.5 Å². The molecule has 8 heteroatoms. The van der Waals surface area contributed by atoms with Gasteiger partial charge in [0, 0.05) is 31.9 Å². The van der Waals surface area contributed by atoms with Gasteiger partial charge >= 0.3 is 6.09 Å². The molecule has 1 amide bonds. The second-order valence-electron chi connectivity index (χ2n) is 10.1. The summed E-state index contributed by atoms with van der Waals surface area (Å²) >= 11 is 0. The van der Waals surface area contributed by atoms with Gasteiger partial charge in [-0.1, -0.05) is 30.3 Å². The number of aryl methyl sites for hydroxylation is 3. The first-order valence-corrected chi connectivity index (χ1v) is 13.3. The molecule has 37 heavy (non-hydrogen) atoms. The molecule has 1 aliphatic heterocycles. The van der Waals surface area contributed by atoms with Crippen LogP contribution in [0.15, 0.2) is 48.9 Å². The van der Waals surface area contributed by atoms with E-state index in [2.05, 4.69) is 61.9 Å². The normalized spacial score (nSPS) is 19.3. The number of amides is 1. The zero-order chi connectivity index (χ0) is 25.6. The van der Waals surface area contributed by atoms with Gasteiger partial charge in [-0.2, -0.15) is 0 Å². The Hall–Kier alpha value is -3.36. The Morgan fingerprint density at radius 2 is 1.84 bits per heavy atom. The van der Waals surface area contributed by atoms with E-state index >= 15 is 0 Å². The van der Waals surface area contributed by atoms with Crippen molar-refractivity contribution in [3.05, 3.63) is 82.7 Å². The number of carbonyl (C=O) groups is 1. The number of nitrogens with one attached hydrogen (secondary N) is 2. The third-order valence-corrected chi connectivity index (χ3v) is 7.49. The fourth-order valence-electron chi connectivity index (χ4n) is 5.52. The van der Waals surface area contributed by atoms with Crippen LogP contribution in [0.25, 0.3) is 0 Å². The number of piperidine rings is 1. The van der Waals surface area contributed by atoms with Gasteiger partial charge in [-0.15, -0.1) is 0 Å². The van der Waals surface area contributed by atoms with Crippen molar-refractivity contribution in [2.75, 3.05) is 13.1 Å². The molecular formula is C29H36N6O2. The third-order valence-electron chi connectivity index (χ3n) is 7.49. The lowest BCUT2D eigenvalue weighted by Crippen LogP contribution is -2.47. The molecule has 0 bridgehead atoms. The van der Waals surface area contributed by atoms with Crippen molar-refractivity contribution in [1.82, 2.24) is 30.5 Å². The van der Waals surface area contributed by atoms with Crippen molar-refractivity contribution in [3.8, 4) is 5.75 Å². The van der Waals surface area contributed by atoms with Gasteiger partial charge in [-0.25, -0.2) is 14.8 Å². The van der Waals surface area contributed by atoms with Gasteiger partial charge in [-0.3, -0.25) is 9.88 Å². The van der Waals surface area contributed by atoms with Gasteiger partial charge in [0.15, 0.2) is 5.75 Å². The average molecular weight is 501 g/mol. The summed E-state index contributed by atoms with van der Waals surface area (Å²) in [4.78, 5) is 28.0. The van der Waals surface area contributed by atoms with Crippen LogP contribution in [0, 0.1) is 13.8 Å². The fraction of sp³-hybridized carbons (Fsp3) is 0.448. The SMILES string of the molecule is Cc1ncnc(C)c1OC(=O)NCc1ccc(CN(C2CCCNC2)C2CCCc3cccnc32)cc1. The van der Waals surface area contributed by atoms with E-state index in [1.807, 2.05) is 6.20 Å². The van der Waals surface area contributed by atoms with Crippen LogP contribution in [0.2, 0.25) is 0 Å². The molecular weight excluding hydrogens is 464 g/mol. The number of carbonyl (C=O) groups excluding carboxylic acids is 1. The standard InChI is InChI=1S/C29H36N6O2/c1-20-28(21(2)34-19-33-20)37-29(36)32-16-22-10-12-23(13-11-22)18-35(25-8-5-14-30-17-25)26-9-3-6-24-7-4-15-31-27(24)26/h4,7,10-13,15,19,25-26,30H,3,5-6,8-9,14,16-18H2,1-2H3,(H,32,36). The molecule has 1 aromatic carbocycles. The Morgan fingerprint density at radius 1 is 1.05 bits per heavy atom. The summed E-state index contributed by atoms with van der Waals surface area (Å²) in [5.74, 6) is 0.409. The van der Waals surface area contributed by atoms with E-state index < -0.39 is 6.09 Å². The minimum absolute atomic E-state index is 0.347. The summed E-state index contributed by atoms with van der Waals surface area (Å²) < 4.78 is 5.44. The number of pyridine rings is 1. The predicted octanol–water partition coefficient (Wildman–Crippen LogP) is 4.41. The highest BCUT2D eigenvalue weighted by Gasteiger charge is 2.32. The third kappa shape index (κ3) is 6.14. The minimum atomic E-state index is -0.510. The molecule has 0 spiro atoms. The van der Waals surface area contributed by atoms with E-state index in [-0.39, 0.29) is 0 Å². The quantitative estimate of drug-likeness (QED) is 0.496. The molecule has 2 N–H and O–H groups in total. The Bertz CT molecular complexity index is 1190. The summed E-state index contributed by atoms with van der Waals surface area (Å²) in [6, 6.07) is 13.7. The largest absolute Gasteiger partial charge is 0.412 e. The van der Waals surface area contributed by atoms with Crippen molar-refractivity contribution >= 4 is 6.09 Å². The molecule has 2 aromatic heterocycles. The molecule has 0 saturated carbocycles. The molecule has 3 aromatic rings. The summed E-state index contributed by atoms with van der Waals surface area (Å²) in [6.07, 6.45) is 8.78. The lowest BCUT2D eigenvalue weighted by atomic mass is 9.88. The lowest BCUT2D eigenvalue weighted by molar-refractivity contribution is 0.0893. The van der Waals surface area contributed by atoms with Crippen molar-refractivity contribution in [3.63, 3.8) is 0 Å². The van der Waals surface area contributed by atoms with Gasteiger partial charge in [0.2, 0.25) is 0 Å². The van der Waals surface area contributed by atoms with E-state index in [1.54, 1.807) is 13.8 Å². The number of rotatable bonds is 7. The number of aromatic nitrogens is 3. The smallest absolute Gasteiger partial charge is 0.406 e. The Labute approximate surface area is 218 Å². The second kappa shape index (κ2) is 11.8. The molecule has 8 nitrogen and oxygen atoms in total. The van der Waals surface area contributed by atoms with Gasteiger partial charge in [0.05, 0.1) is 23.1 Å². The molecule has 2 atom stereocenters. The van der Waals surface area contributed by atoms with Crippen LogP contribution in [0.1, 0.15) is 65.5 Å². The molecule has 3 heterocycles. The van der Waals surface area contributed by atoms with Crippen LogP contribution in [0.4, 0.5) is 4.79 Å². The zero-order valence-electron chi connectivity index (χ0n) is 21.7. The van der Waals surface area contributed by atoms with Crippen LogP contribution < -0.4 is 15.4 Å². The molecule has 1 saturated heterocycles. The van der Waals surface area contributed by atoms with Gasteiger partial charge in [0.1, 0.15) is 6.33 Å². The minimum Gasteiger partial charge on any atom is -0.406 e. The Morgan fingerprint density at radius 3 is 2.59 bits per heavy atom. The van der Waals surface area contributed by atoms with E-state index in [0.717, 1.165) is 38.0 Å². The summed E-state index contributed by atoms with van der Waals surface area (Å²) in [5.41, 5.74) is 6.23. The first-order valence-electron chi connectivity index (χ1n) is 13.3. The highest BCUT2D eigenvalue weighted by Crippen LogP contribution is 2.36. The Kier molecular flexibility index (Phi) is 8.06. The van der Waals surface area contributed by atoms with Gasteiger partial charge < -0.3 is 15.4 Å². The molecule has 2 aliphatic rings. The molecule has 0 radical (unpaired) electrons. The van der Waals surface area contributed by atoms with Crippen molar-refractivity contribution in [2.24, 2.45) is 0 Å². The van der Waals surface area contributed by atoms with E-state index in [0.29, 0.717) is 35.8 Å². The highest BCUT2D eigenvalue weighted by molar-refractivity contribution is 5.70. The molecule has 5 rings (SSSR count). The summed E-state index contributed by atoms with van der Waals surface area (Å²) in [6.45, 7) is 6.99. The maximum Gasteiger partial charge on any atom is 0.412 e. The van der Waals surface area contributed by atoms with Crippen molar-refractivity contribution < 1.29 is 9.53 Å². The average Bonchev–Trinajstić information content (AvgIpc) is 2.93. The van der Waals surface area contributed by atoms with E-state index in [1.165, 1.54) is 42.4 Å². The molecule has 194 valence electrons. The van der Waals surface area contributed by atoms with Gasteiger partial charge in [0.25, 0.3) is 0 Å². The maximum absolute atomic E-state index is 12.3. The second-order valence-corrected chi connectivity index (χ2v) is 10.1. The fourth-order valence-corrected chi connectivity index (χ4v) is 5.52. The van der Waals surface area contributed by atoms with Crippen LogP contribution in [0.5, 0.6) is 5.75 Å². The first-order chi connectivity index (χ1) is 18.1. The number of hydrogen-bond acceptors (Lipinski definition) is 7. The zero-order valence-corrected chi connectivity index (χ0v) is 21.7. The van der Waals surface area contributed by atoms with Crippen molar-refractivity contribution in [2.45, 2.75) is 71.1 Å². The monoisotopic (exact) mass is 500 g/mol. The van der Waals surface area contributed by atoms with Crippen LogP contribution in [-0.4, -0.2) is 45.1 Å². The topological polar surface area (TPSA) is 92.3 Å². The number of benzene rings is 1. The predicted molar refractivity (Wildman–Crippen MR) is 142 cm³/mol. The number of fused-ring (bicyclic) bond motifs is 1. The van der Waals surface area contributed by atoms with E-state index in [4.69, 9.17) is 9.72 Å². The molecule has 1 fully saturated rings. The highest BCUT2D eigenvalue weighted by atomic mass is 16.6. The van der Waals surface area contributed by atoms with Crippen LogP contribution in [0.3, 0.4) is 0 Å². The molecule has 2 unspecified atom stereocenters. The van der Waals surface area contributed by atoms with E-state index in [9.17, 15) is 4.79 Å². The first kappa shape index (κ1) is 25.3. The Balaban J connectivity index is 1.24. The van der Waals surface area contributed by atoms with Crippen molar-refractivity contribution in [1.29, 1.82) is 0 Å². The summed E-state index contributed by atoms with van der Waals surface area (Å²) in [5, 5.41) is 6.44. The number of hydrogen-bond donors (Lipinski definition) is 2. The molecule has 1 aliphatic carbocycles. The number of nitrogens with zero attached hydrogens (tertiary/aromatic N) is 4. The summed E-state index contributed by atoms with van der Waals surface area (Å²) in [7, 11) is 0. The number of ether oxygens (including phenoxy) is 1. The lowest BCUT2D eigenvalue weighted by Gasteiger charge is -2.42. The van der Waals surface area contributed by atoms with Gasteiger partial charge in [-0.05, 0) is 75.3 Å².